The summed E-state index contributed by atoms with van der Waals surface area (Å²) in [4.78, 5) is 14.5. The predicted octanol–water partition coefficient (Wildman–Crippen LogP) is 6.37. The Balaban J connectivity index is 1.31. The maximum atomic E-state index is 10.1. The van der Waals surface area contributed by atoms with Crippen molar-refractivity contribution in [1.29, 1.82) is 0 Å². The molecule has 2 aromatic carbocycles. The van der Waals surface area contributed by atoms with Gasteiger partial charge in [0.2, 0.25) is 5.95 Å². The van der Waals surface area contributed by atoms with Gasteiger partial charge in [-0.15, -0.1) is 0 Å². The van der Waals surface area contributed by atoms with Crippen LogP contribution in [0.15, 0.2) is 54.9 Å². The highest BCUT2D eigenvalue weighted by molar-refractivity contribution is 6.35. The molecule has 1 aliphatic heterocycles. The number of fused-ring (bicyclic) bond motifs is 1. The Morgan fingerprint density at radius 3 is 2.33 bits per heavy atom. The summed E-state index contributed by atoms with van der Waals surface area (Å²) < 4.78 is 2.28. The van der Waals surface area contributed by atoms with Crippen LogP contribution in [0.25, 0.3) is 22.2 Å². The molecule has 3 heterocycles. The third-order valence-electron chi connectivity index (χ3n) is 8.02. The van der Waals surface area contributed by atoms with Crippen LogP contribution in [0.5, 0.6) is 0 Å². The Bertz CT molecular complexity index is 1420. The number of aliphatic hydroxyl groups excluding tert-OH is 1. The quantitative estimate of drug-likeness (QED) is 0.283. The zero-order valence-electron chi connectivity index (χ0n) is 22.2. The van der Waals surface area contributed by atoms with Gasteiger partial charge in [-0.05, 0) is 62.1 Å². The third-order valence-corrected chi connectivity index (χ3v) is 8.45. The van der Waals surface area contributed by atoms with Crippen molar-refractivity contribution in [1.82, 2.24) is 24.3 Å². The van der Waals surface area contributed by atoms with Crippen molar-refractivity contribution in [2.24, 2.45) is 0 Å². The van der Waals surface area contributed by atoms with Gasteiger partial charge in [0.15, 0.2) is 0 Å². The van der Waals surface area contributed by atoms with Gasteiger partial charge in [0.1, 0.15) is 5.65 Å². The summed E-state index contributed by atoms with van der Waals surface area (Å²) in [6, 6.07) is 14.5. The lowest BCUT2D eigenvalue weighted by molar-refractivity contribution is 0.111. The smallest absolute Gasteiger partial charge is 0.229 e. The molecule has 2 fully saturated rings. The van der Waals surface area contributed by atoms with Crippen LogP contribution in [0.1, 0.15) is 37.3 Å². The molecule has 0 spiro atoms. The van der Waals surface area contributed by atoms with E-state index in [0.717, 1.165) is 86.3 Å². The number of likely N-dealkylation sites (N-methyl/N-ethyl adjacent to an activating group) is 1. The lowest BCUT2D eigenvalue weighted by Crippen LogP contribution is -2.43. The maximum absolute atomic E-state index is 10.1. The average molecular weight is 566 g/mol. The highest BCUT2D eigenvalue weighted by Gasteiger charge is 2.24. The SMILES string of the molecule is CN1CCN(Cc2ccc(-c3cn(C4CCC(O)CC4)c4nc(Nc5cc(Cl)cc(Cl)c5)ncc34)cc2)CC1. The van der Waals surface area contributed by atoms with Crippen molar-refractivity contribution in [2.75, 3.05) is 38.5 Å². The summed E-state index contributed by atoms with van der Waals surface area (Å²) in [6.45, 7) is 5.44. The summed E-state index contributed by atoms with van der Waals surface area (Å²) in [6.07, 6.45) is 7.36. The van der Waals surface area contributed by atoms with Crippen molar-refractivity contribution in [3.05, 3.63) is 70.5 Å². The van der Waals surface area contributed by atoms with Crippen LogP contribution < -0.4 is 5.32 Å². The number of nitrogens with zero attached hydrogens (tertiary/aromatic N) is 5. The lowest BCUT2D eigenvalue weighted by Gasteiger charge is -2.32. The normalized spacial score (nSPS) is 20.9. The summed E-state index contributed by atoms with van der Waals surface area (Å²) in [5.74, 6) is 0.491. The molecule has 1 aliphatic carbocycles. The molecule has 6 rings (SSSR count). The number of piperazine rings is 1. The van der Waals surface area contributed by atoms with Gasteiger partial charge < -0.3 is 19.9 Å². The molecule has 39 heavy (non-hydrogen) atoms. The Labute approximate surface area is 239 Å². The van der Waals surface area contributed by atoms with E-state index in [1.54, 1.807) is 18.2 Å². The molecule has 4 aromatic rings. The number of rotatable bonds is 6. The molecular weight excluding hydrogens is 531 g/mol. The minimum Gasteiger partial charge on any atom is -0.393 e. The standard InChI is InChI=1S/C30H34Cl2N6O/c1-36-10-12-37(13-11-36)18-20-2-4-21(5-3-20)28-19-38(25-6-8-26(39)9-7-25)29-27(28)17-33-30(35-29)34-24-15-22(31)14-23(32)16-24/h2-5,14-17,19,25-26,39H,6-13,18H2,1H3,(H,33,34,35). The van der Waals surface area contributed by atoms with E-state index >= 15 is 0 Å². The van der Waals surface area contributed by atoms with E-state index in [2.05, 4.69) is 62.2 Å². The third kappa shape index (κ3) is 6.08. The first kappa shape index (κ1) is 26.5. The van der Waals surface area contributed by atoms with Gasteiger partial charge in [-0.3, -0.25) is 4.90 Å². The first-order chi connectivity index (χ1) is 18.9. The van der Waals surface area contributed by atoms with Gasteiger partial charge in [-0.1, -0.05) is 47.5 Å². The monoisotopic (exact) mass is 564 g/mol. The van der Waals surface area contributed by atoms with Gasteiger partial charge in [0, 0.05) is 77.8 Å². The summed E-state index contributed by atoms with van der Waals surface area (Å²) in [5.41, 5.74) is 5.24. The van der Waals surface area contributed by atoms with Crippen LogP contribution >= 0.6 is 23.2 Å². The number of hydrogen-bond acceptors (Lipinski definition) is 6. The summed E-state index contributed by atoms with van der Waals surface area (Å²) in [5, 5.41) is 15.5. The number of hydrogen-bond donors (Lipinski definition) is 2. The van der Waals surface area contributed by atoms with Crippen LogP contribution in [-0.4, -0.2) is 68.8 Å². The minimum atomic E-state index is -0.213. The van der Waals surface area contributed by atoms with E-state index in [4.69, 9.17) is 28.2 Å². The lowest BCUT2D eigenvalue weighted by atomic mass is 9.93. The molecule has 0 atom stereocenters. The van der Waals surface area contributed by atoms with Gasteiger partial charge in [0.05, 0.1) is 6.10 Å². The van der Waals surface area contributed by atoms with Crippen LogP contribution in [0, 0.1) is 0 Å². The largest absolute Gasteiger partial charge is 0.393 e. The highest BCUT2D eigenvalue weighted by atomic mass is 35.5. The van der Waals surface area contributed by atoms with Gasteiger partial charge in [-0.2, -0.15) is 4.98 Å². The number of benzene rings is 2. The molecular formula is C30H34Cl2N6O. The number of aliphatic hydroxyl groups is 1. The minimum absolute atomic E-state index is 0.213. The molecule has 7 nitrogen and oxygen atoms in total. The molecule has 0 unspecified atom stereocenters. The van der Waals surface area contributed by atoms with Crippen molar-refractivity contribution in [2.45, 2.75) is 44.4 Å². The zero-order valence-corrected chi connectivity index (χ0v) is 23.7. The van der Waals surface area contributed by atoms with E-state index in [1.807, 2.05) is 6.20 Å². The molecule has 0 amide bonds. The van der Waals surface area contributed by atoms with Crippen LogP contribution in [0.4, 0.5) is 11.6 Å². The second-order valence-corrected chi connectivity index (χ2v) is 11.8. The Morgan fingerprint density at radius 1 is 0.949 bits per heavy atom. The van der Waals surface area contributed by atoms with Gasteiger partial charge in [-0.25, -0.2) is 4.98 Å². The molecule has 0 radical (unpaired) electrons. The molecule has 204 valence electrons. The van der Waals surface area contributed by atoms with Crippen LogP contribution in [0.3, 0.4) is 0 Å². The fourth-order valence-corrected chi connectivity index (χ4v) is 6.27. The molecule has 1 saturated carbocycles. The molecule has 9 heteroatoms. The molecule has 1 saturated heterocycles. The second-order valence-electron chi connectivity index (χ2n) is 10.9. The highest BCUT2D eigenvalue weighted by Crippen LogP contribution is 2.37. The van der Waals surface area contributed by atoms with Crippen molar-refractivity contribution >= 4 is 45.9 Å². The predicted molar refractivity (Wildman–Crippen MR) is 159 cm³/mol. The first-order valence-electron chi connectivity index (χ1n) is 13.7. The second kappa shape index (κ2) is 11.4. The van der Waals surface area contributed by atoms with Crippen molar-refractivity contribution in [3.8, 4) is 11.1 Å². The van der Waals surface area contributed by atoms with E-state index in [-0.39, 0.29) is 12.1 Å². The number of nitrogens with one attached hydrogen (secondary N) is 1. The van der Waals surface area contributed by atoms with Crippen molar-refractivity contribution in [3.63, 3.8) is 0 Å². The Hall–Kier alpha value is -2.68. The number of anilines is 2. The Morgan fingerprint density at radius 2 is 1.64 bits per heavy atom. The van der Waals surface area contributed by atoms with Crippen LogP contribution in [-0.2, 0) is 6.54 Å². The van der Waals surface area contributed by atoms with Gasteiger partial charge >= 0.3 is 0 Å². The van der Waals surface area contributed by atoms with E-state index in [9.17, 15) is 5.11 Å². The Kier molecular flexibility index (Phi) is 7.78. The fraction of sp³-hybridized carbons (Fsp3) is 0.400. The summed E-state index contributed by atoms with van der Waals surface area (Å²) in [7, 11) is 2.19. The van der Waals surface area contributed by atoms with Crippen molar-refractivity contribution < 1.29 is 5.11 Å². The van der Waals surface area contributed by atoms with Crippen LogP contribution in [0.2, 0.25) is 10.0 Å². The average Bonchev–Trinajstić information content (AvgIpc) is 3.29. The van der Waals surface area contributed by atoms with E-state index in [1.165, 1.54) is 5.56 Å². The van der Waals surface area contributed by atoms with Gasteiger partial charge in [0.25, 0.3) is 0 Å². The molecule has 2 aromatic heterocycles. The molecule has 2 aliphatic rings. The maximum Gasteiger partial charge on any atom is 0.229 e. The van der Waals surface area contributed by atoms with E-state index in [0.29, 0.717) is 16.0 Å². The number of halogens is 2. The molecule has 0 bridgehead atoms. The number of aromatic nitrogens is 3. The zero-order chi connectivity index (χ0) is 26.9. The molecule has 2 N–H and O–H groups in total. The summed E-state index contributed by atoms with van der Waals surface area (Å²) >= 11 is 12.4. The topological polar surface area (TPSA) is 69.5 Å². The fourth-order valence-electron chi connectivity index (χ4n) is 5.74. The first-order valence-corrected chi connectivity index (χ1v) is 14.5. The van der Waals surface area contributed by atoms with E-state index < -0.39 is 0 Å².